The molecule has 0 radical (unpaired) electrons. The summed E-state index contributed by atoms with van der Waals surface area (Å²) >= 11 is 5.00. The fourth-order valence-electron chi connectivity index (χ4n) is 0.838. The van der Waals surface area contributed by atoms with Crippen molar-refractivity contribution in [3.05, 3.63) is 35.4 Å². The third kappa shape index (κ3) is 4.44. The van der Waals surface area contributed by atoms with Crippen molar-refractivity contribution in [2.75, 3.05) is 0 Å². The highest BCUT2D eigenvalue weighted by Gasteiger charge is 2.13. The second kappa shape index (κ2) is 4.25. The zero-order valence-corrected chi connectivity index (χ0v) is 8.76. The van der Waals surface area contributed by atoms with E-state index in [2.05, 4.69) is 4.52 Å². The van der Waals surface area contributed by atoms with E-state index >= 15 is 0 Å². The fraction of sp³-hybridized carbons (Fsp3) is 0.250. The summed E-state index contributed by atoms with van der Waals surface area (Å²) < 4.78 is 15.1. The Balaban J connectivity index is 2.56. The molecule has 1 aromatic rings. The second-order valence-corrected chi connectivity index (χ2v) is 5.15. The molecule has 0 saturated heterocycles. The molecule has 0 amide bonds. The van der Waals surface area contributed by atoms with E-state index in [1.165, 1.54) is 0 Å². The summed E-state index contributed by atoms with van der Waals surface area (Å²) in [5.41, 5.74) is 1.95. The lowest BCUT2D eigenvalue weighted by atomic mass is 10.2. The molecule has 5 heteroatoms. The number of hydrogen-bond donors (Lipinski definition) is 1. The lowest BCUT2D eigenvalue weighted by molar-refractivity contribution is 0.265. The molecule has 1 atom stereocenters. The first-order chi connectivity index (χ1) is 5.97. The van der Waals surface area contributed by atoms with Crippen LogP contribution < -0.4 is 0 Å². The average molecular weight is 221 g/mol. The van der Waals surface area contributed by atoms with E-state index in [0.717, 1.165) is 11.1 Å². The molecule has 0 aromatic heterocycles. The van der Waals surface area contributed by atoms with Crippen LogP contribution in [0.2, 0.25) is 0 Å². The van der Waals surface area contributed by atoms with Gasteiger partial charge in [0.25, 0.3) is 0 Å². The van der Waals surface area contributed by atoms with Gasteiger partial charge in [0, 0.05) is 11.2 Å². The van der Waals surface area contributed by atoms with Crippen molar-refractivity contribution in [1.29, 1.82) is 0 Å². The summed E-state index contributed by atoms with van der Waals surface area (Å²) in [6, 6.07) is 7.44. The Morgan fingerprint density at radius 1 is 1.46 bits per heavy atom. The Kier molecular flexibility index (Phi) is 3.51. The van der Waals surface area contributed by atoms with Gasteiger partial charge in [-0.15, -0.1) is 0 Å². The zero-order chi connectivity index (χ0) is 9.90. The van der Waals surface area contributed by atoms with E-state index in [1.807, 2.05) is 31.2 Å². The number of halogens is 1. The van der Waals surface area contributed by atoms with Gasteiger partial charge in [-0.2, -0.15) is 0 Å². The van der Waals surface area contributed by atoms with E-state index in [9.17, 15) is 4.57 Å². The fourth-order valence-corrected chi connectivity index (χ4v) is 1.29. The number of hydrogen-bond acceptors (Lipinski definition) is 2. The van der Waals surface area contributed by atoms with Crippen LogP contribution in [0.5, 0.6) is 0 Å². The van der Waals surface area contributed by atoms with Crippen LogP contribution in [0, 0.1) is 6.92 Å². The van der Waals surface area contributed by atoms with E-state index in [4.69, 9.17) is 16.1 Å². The van der Waals surface area contributed by atoms with Gasteiger partial charge < -0.3 is 4.89 Å². The highest BCUT2D eigenvalue weighted by atomic mass is 35.7. The molecule has 3 nitrogen and oxygen atoms in total. The molecule has 0 bridgehead atoms. The van der Waals surface area contributed by atoms with Crippen LogP contribution in [0.25, 0.3) is 0 Å². The number of aryl methyl sites for hydroxylation is 1. The number of benzene rings is 1. The van der Waals surface area contributed by atoms with Crippen LogP contribution in [0.15, 0.2) is 24.3 Å². The topological polar surface area (TPSA) is 46.5 Å². The average Bonchev–Trinajstić information content (AvgIpc) is 2.02. The standard InChI is InChI=1S/C8H10ClO3P/c1-7-2-4-8(5-3-7)6-12-13(9,10)11/h2-5H,6H2,1H3,(H,10,11). The van der Waals surface area contributed by atoms with Crippen LogP contribution in [-0.4, -0.2) is 4.89 Å². The van der Waals surface area contributed by atoms with Gasteiger partial charge in [0.05, 0.1) is 6.61 Å². The zero-order valence-electron chi connectivity index (χ0n) is 7.11. The predicted molar refractivity (Wildman–Crippen MR) is 51.6 cm³/mol. The molecule has 1 aromatic carbocycles. The van der Waals surface area contributed by atoms with Gasteiger partial charge in [0.2, 0.25) is 0 Å². The summed E-state index contributed by atoms with van der Waals surface area (Å²) in [6.45, 7) is -1.86. The van der Waals surface area contributed by atoms with Crippen molar-refractivity contribution in [3.8, 4) is 0 Å². The smallest absolute Gasteiger partial charge is 0.313 e. The van der Waals surface area contributed by atoms with E-state index in [1.54, 1.807) is 0 Å². The van der Waals surface area contributed by atoms with E-state index in [0.29, 0.717) is 0 Å². The quantitative estimate of drug-likeness (QED) is 0.797. The van der Waals surface area contributed by atoms with E-state index < -0.39 is 6.95 Å². The minimum Gasteiger partial charge on any atom is -0.313 e. The molecule has 0 aliphatic rings. The van der Waals surface area contributed by atoms with Gasteiger partial charge in [-0.3, -0.25) is 4.52 Å². The lowest BCUT2D eigenvalue weighted by Gasteiger charge is -2.04. The Morgan fingerprint density at radius 3 is 2.46 bits per heavy atom. The summed E-state index contributed by atoms with van der Waals surface area (Å²) in [7, 11) is 0. The minimum absolute atomic E-state index is 0.0531. The summed E-state index contributed by atoms with van der Waals surface area (Å²) in [6.07, 6.45) is 0. The van der Waals surface area contributed by atoms with Crippen LogP contribution in [0.4, 0.5) is 0 Å². The first kappa shape index (κ1) is 10.7. The van der Waals surface area contributed by atoms with Gasteiger partial charge in [-0.1, -0.05) is 29.8 Å². The van der Waals surface area contributed by atoms with Crippen molar-refractivity contribution in [2.45, 2.75) is 13.5 Å². The third-order valence-corrected chi connectivity index (χ3v) is 2.25. The monoisotopic (exact) mass is 220 g/mol. The Bertz CT molecular complexity index is 317. The molecule has 1 N–H and O–H groups in total. The molecule has 0 aliphatic carbocycles. The predicted octanol–water partition coefficient (Wildman–Crippen LogP) is 2.85. The van der Waals surface area contributed by atoms with Gasteiger partial charge in [-0.05, 0) is 12.5 Å². The second-order valence-electron chi connectivity index (χ2n) is 2.71. The molecular formula is C8H10ClO3P. The maximum absolute atomic E-state index is 10.6. The van der Waals surface area contributed by atoms with E-state index in [-0.39, 0.29) is 6.61 Å². The normalized spacial score (nSPS) is 15.3. The first-order valence-electron chi connectivity index (χ1n) is 3.70. The van der Waals surface area contributed by atoms with Gasteiger partial charge >= 0.3 is 6.95 Å². The number of rotatable bonds is 3. The van der Waals surface area contributed by atoms with Crippen LogP contribution in [0.1, 0.15) is 11.1 Å². The molecule has 0 fully saturated rings. The maximum Gasteiger partial charge on any atom is 0.421 e. The molecule has 0 aliphatic heterocycles. The van der Waals surface area contributed by atoms with Crippen molar-refractivity contribution >= 4 is 18.2 Å². The summed E-state index contributed by atoms with van der Waals surface area (Å²) in [5.74, 6) is 0. The van der Waals surface area contributed by atoms with Crippen LogP contribution >= 0.6 is 18.2 Å². The first-order valence-corrected chi connectivity index (χ1v) is 6.18. The van der Waals surface area contributed by atoms with Gasteiger partial charge in [0.1, 0.15) is 0 Å². The largest absolute Gasteiger partial charge is 0.421 e. The van der Waals surface area contributed by atoms with Crippen LogP contribution in [0.3, 0.4) is 0 Å². The molecular weight excluding hydrogens is 211 g/mol. The lowest BCUT2D eigenvalue weighted by Crippen LogP contribution is -1.87. The summed E-state index contributed by atoms with van der Waals surface area (Å²) in [5, 5.41) is 0. The third-order valence-electron chi connectivity index (χ3n) is 1.51. The van der Waals surface area contributed by atoms with Crippen LogP contribution in [-0.2, 0) is 15.7 Å². The van der Waals surface area contributed by atoms with Crippen molar-refractivity contribution in [1.82, 2.24) is 0 Å². The molecule has 72 valence electrons. The highest BCUT2D eigenvalue weighted by molar-refractivity contribution is 7.80. The summed E-state index contributed by atoms with van der Waals surface area (Å²) in [4.78, 5) is 8.63. The van der Waals surface area contributed by atoms with Crippen molar-refractivity contribution < 1.29 is 14.0 Å². The van der Waals surface area contributed by atoms with Gasteiger partial charge in [-0.25, -0.2) is 4.57 Å². The van der Waals surface area contributed by atoms with Gasteiger partial charge in [0.15, 0.2) is 0 Å². The molecule has 1 unspecified atom stereocenters. The Hall–Kier alpha value is -0.340. The molecule has 0 heterocycles. The molecule has 13 heavy (non-hydrogen) atoms. The highest BCUT2D eigenvalue weighted by Crippen LogP contribution is 2.48. The SMILES string of the molecule is Cc1ccc(COP(=O)(O)Cl)cc1. The minimum atomic E-state index is -3.87. The molecule has 0 saturated carbocycles. The Labute approximate surface area is 81.6 Å². The van der Waals surface area contributed by atoms with Crippen molar-refractivity contribution in [2.24, 2.45) is 0 Å². The molecule has 0 spiro atoms. The van der Waals surface area contributed by atoms with Crippen molar-refractivity contribution in [3.63, 3.8) is 0 Å². The maximum atomic E-state index is 10.6. The molecule has 1 rings (SSSR count). The Morgan fingerprint density at radius 2 is 2.00 bits per heavy atom.